The molecule has 0 fully saturated rings. The van der Waals surface area contributed by atoms with E-state index >= 15 is 0 Å². The Morgan fingerprint density at radius 2 is 2.00 bits per heavy atom. The van der Waals surface area contributed by atoms with Crippen molar-refractivity contribution in [2.24, 2.45) is 0 Å². The van der Waals surface area contributed by atoms with Gasteiger partial charge in [-0.15, -0.1) is 11.3 Å². The van der Waals surface area contributed by atoms with Crippen LogP contribution < -0.4 is 10.2 Å². The minimum atomic E-state index is -0.163. The van der Waals surface area contributed by atoms with E-state index in [1.807, 2.05) is 0 Å². The van der Waals surface area contributed by atoms with Crippen LogP contribution in [0.5, 0.6) is 0 Å². The summed E-state index contributed by atoms with van der Waals surface area (Å²) in [6.07, 6.45) is 0.579. The van der Waals surface area contributed by atoms with Gasteiger partial charge in [0.05, 0.1) is 12.1 Å². The number of nitrogens with one attached hydrogen (secondary N) is 1. The molecule has 1 aromatic carbocycles. The summed E-state index contributed by atoms with van der Waals surface area (Å²) >= 11 is 7.14. The summed E-state index contributed by atoms with van der Waals surface area (Å²) in [5.74, 6) is -0.171. The largest absolute Gasteiger partial charge is 0.326 e. The lowest BCUT2D eigenvalue weighted by Crippen LogP contribution is -2.25. The van der Waals surface area contributed by atoms with Crippen molar-refractivity contribution in [3.05, 3.63) is 40.4 Å². The van der Waals surface area contributed by atoms with Gasteiger partial charge in [-0.3, -0.25) is 14.5 Å². The zero-order chi connectivity index (χ0) is 16.1. The number of rotatable bonds is 5. The third-order valence-corrected chi connectivity index (χ3v) is 4.19. The molecule has 0 saturated carbocycles. The highest BCUT2D eigenvalue weighted by Crippen LogP contribution is 2.20. The molecule has 0 bridgehead atoms. The Kier molecular flexibility index (Phi) is 5.51. The predicted molar refractivity (Wildman–Crippen MR) is 89.6 cm³/mol. The summed E-state index contributed by atoms with van der Waals surface area (Å²) in [6, 6.07) is 6.90. The second kappa shape index (κ2) is 7.38. The van der Waals surface area contributed by atoms with Gasteiger partial charge in [0.15, 0.2) is 5.13 Å². The molecular formula is C15H16ClN3O2S. The Labute approximate surface area is 137 Å². The highest BCUT2D eigenvalue weighted by atomic mass is 35.5. The summed E-state index contributed by atoms with van der Waals surface area (Å²) in [5, 5.41) is 5.78. The minimum Gasteiger partial charge on any atom is -0.326 e. The van der Waals surface area contributed by atoms with Crippen LogP contribution in [0.2, 0.25) is 5.02 Å². The van der Waals surface area contributed by atoms with Crippen molar-refractivity contribution in [2.45, 2.75) is 19.8 Å². The Hall–Kier alpha value is -1.92. The van der Waals surface area contributed by atoms with Crippen LogP contribution in [0.25, 0.3) is 0 Å². The number of carbonyl (C=O) groups is 2. The van der Waals surface area contributed by atoms with Gasteiger partial charge >= 0.3 is 0 Å². The second-order valence-corrected chi connectivity index (χ2v) is 5.93. The number of thiazole rings is 1. The Morgan fingerprint density at radius 1 is 1.32 bits per heavy atom. The smallest absolute Gasteiger partial charge is 0.230 e. The molecule has 116 valence electrons. The molecule has 2 amide bonds. The number of benzene rings is 1. The molecule has 0 aliphatic carbocycles. The molecule has 1 heterocycles. The number of hydrogen-bond acceptors (Lipinski definition) is 4. The normalized spacial score (nSPS) is 10.3. The number of carbonyl (C=O) groups excluding carboxylic acids is 2. The van der Waals surface area contributed by atoms with Crippen molar-refractivity contribution in [3.63, 3.8) is 0 Å². The van der Waals surface area contributed by atoms with Gasteiger partial charge in [-0.1, -0.05) is 18.5 Å². The molecule has 2 aromatic rings. The highest BCUT2D eigenvalue weighted by molar-refractivity contribution is 7.14. The van der Waals surface area contributed by atoms with Crippen LogP contribution in [0.4, 0.5) is 10.8 Å². The van der Waals surface area contributed by atoms with E-state index in [0.29, 0.717) is 28.0 Å². The van der Waals surface area contributed by atoms with Crippen molar-refractivity contribution in [1.29, 1.82) is 0 Å². The summed E-state index contributed by atoms with van der Waals surface area (Å²) in [6.45, 7) is 1.80. The molecule has 5 nitrogen and oxygen atoms in total. The molecule has 0 aliphatic rings. The van der Waals surface area contributed by atoms with Gasteiger partial charge in [-0.05, 0) is 24.3 Å². The number of nitrogens with zero attached hydrogens (tertiary/aromatic N) is 2. The summed E-state index contributed by atoms with van der Waals surface area (Å²) in [4.78, 5) is 29.4. The van der Waals surface area contributed by atoms with Crippen LogP contribution in [-0.2, 0) is 16.0 Å². The summed E-state index contributed by atoms with van der Waals surface area (Å²) in [7, 11) is 1.68. The van der Waals surface area contributed by atoms with Crippen LogP contribution >= 0.6 is 22.9 Å². The summed E-state index contributed by atoms with van der Waals surface area (Å²) in [5.41, 5.74) is 1.32. The first-order chi connectivity index (χ1) is 10.5. The third kappa shape index (κ3) is 4.29. The van der Waals surface area contributed by atoms with Crippen molar-refractivity contribution in [2.75, 3.05) is 17.3 Å². The number of amides is 2. The van der Waals surface area contributed by atoms with Crippen LogP contribution in [0.1, 0.15) is 19.0 Å². The van der Waals surface area contributed by atoms with E-state index in [9.17, 15) is 9.59 Å². The number of anilines is 2. The maximum atomic E-state index is 12.0. The maximum Gasteiger partial charge on any atom is 0.230 e. The van der Waals surface area contributed by atoms with Crippen LogP contribution in [0, 0.1) is 0 Å². The topological polar surface area (TPSA) is 62.3 Å². The Balaban J connectivity index is 1.96. The van der Waals surface area contributed by atoms with Crippen molar-refractivity contribution in [1.82, 2.24) is 4.98 Å². The molecule has 0 spiro atoms. The molecule has 0 aliphatic heterocycles. The first kappa shape index (κ1) is 16.5. The summed E-state index contributed by atoms with van der Waals surface area (Å²) < 4.78 is 0. The zero-order valence-electron chi connectivity index (χ0n) is 12.3. The molecule has 0 radical (unpaired) electrons. The fourth-order valence-electron chi connectivity index (χ4n) is 1.78. The average Bonchev–Trinajstić information content (AvgIpc) is 2.96. The Bertz CT molecular complexity index is 670. The average molecular weight is 338 g/mol. The lowest BCUT2D eigenvalue weighted by atomic mass is 10.3. The van der Waals surface area contributed by atoms with E-state index in [-0.39, 0.29) is 18.2 Å². The lowest BCUT2D eigenvalue weighted by molar-refractivity contribution is -0.118. The molecule has 1 N–H and O–H groups in total. The first-order valence-corrected chi connectivity index (χ1v) is 8.01. The van der Waals surface area contributed by atoms with Gasteiger partial charge in [-0.25, -0.2) is 4.98 Å². The highest BCUT2D eigenvalue weighted by Gasteiger charge is 2.14. The SMILES string of the molecule is CCC(=O)N(C)c1nc(CC(=O)Nc2ccc(Cl)cc2)cs1. The third-order valence-electron chi connectivity index (χ3n) is 2.97. The maximum absolute atomic E-state index is 12.0. The molecule has 0 unspecified atom stereocenters. The van der Waals surface area contributed by atoms with Crippen molar-refractivity contribution in [3.8, 4) is 0 Å². The first-order valence-electron chi connectivity index (χ1n) is 6.76. The standard InChI is InChI=1S/C15H16ClN3O2S/c1-3-14(21)19(2)15-18-12(9-22-15)8-13(20)17-11-6-4-10(16)5-7-11/h4-7,9H,3,8H2,1-2H3,(H,17,20). The second-order valence-electron chi connectivity index (χ2n) is 4.66. The molecule has 2 rings (SSSR count). The van der Waals surface area contributed by atoms with Gasteiger partial charge in [0.1, 0.15) is 0 Å². The Morgan fingerprint density at radius 3 is 2.64 bits per heavy atom. The number of halogens is 1. The van der Waals surface area contributed by atoms with E-state index in [2.05, 4.69) is 10.3 Å². The molecule has 22 heavy (non-hydrogen) atoms. The number of aromatic nitrogens is 1. The van der Waals surface area contributed by atoms with E-state index in [0.717, 1.165) is 0 Å². The van der Waals surface area contributed by atoms with Gasteiger partial charge in [0.25, 0.3) is 0 Å². The van der Waals surface area contributed by atoms with Gasteiger partial charge in [0.2, 0.25) is 11.8 Å². The molecule has 0 atom stereocenters. The predicted octanol–water partition coefficient (Wildman–Crippen LogP) is 3.35. The van der Waals surface area contributed by atoms with Crippen molar-refractivity contribution >= 4 is 45.6 Å². The molecular weight excluding hydrogens is 322 g/mol. The van der Waals surface area contributed by atoms with Gasteiger partial charge in [-0.2, -0.15) is 0 Å². The zero-order valence-corrected chi connectivity index (χ0v) is 13.9. The van der Waals surface area contributed by atoms with Crippen LogP contribution in [-0.4, -0.2) is 23.8 Å². The molecule has 0 saturated heterocycles. The van der Waals surface area contributed by atoms with Gasteiger partial charge < -0.3 is 5.32 Å². The van der Waals surface area contributed by atoms with E-state index in [4.69, 9.17) is 11.6 Å². The van der Waals surface area contributed by atoms with Crippen LogP contribution in [0.15, 0.2) is 29.6 Å². The molecule has 1 aromatic heterocycles. The minimum absolute atomic E-state index is 0.00786. The van der Waals surface area contributed by atoms with E-state index in [1.165, 1.54) is 16.2 Å². The van der Waals surface area contributed by atoms with E-state index in [1.54, 1.807) is 43.6 Å². The quantitative estimate of drug-likeness (QED) is 0.910. The van der Waals surface area contributed by atoms with Crippen LogP contribution in [0.3, 0.4) is 0 Å². The molecule has 7 heteroatoms. The van der Waals surface area contributed by atoms with E-state index < -0.39 is 0 Å². The fraction of sp³-hybridized carbons (Fsp3) is 0.267. The fourth-order valence-corrected chi connectivity index (χ4v) is 2.71. The van der Waals surface area contributed by atoms with Crippen molar-refractivity contribution < 1.29 is 9.59 Å². The lowest BCUT2D eigenvalue weighted by Gasteiger charge is -2.11. The number of hydrogen-bond donors (Lipinski definition) is 1. The monoisotopic (exact) mass is 337 g/mol. The van der Waals surface area contributed by atoms with Gasteiger partial charge in [0, 0.05) is 29.6 Å².